The molecule has 0 radical (unpaired) electrons. The minimum Gasteiger partial charge on any atom is -0.333 e. The zero-order valence-corrected chi connectivity index (χ0v) is 24.3. The molecule has 1 unspecified atom stereocenters. The fourth-order valence-corrected chi connectivity index (χ4v) is 7.92. The van der Waals surface area contributed by atoms with Crippen molar-refractivity contribution in [2.75, 3.05) is 7.05 Å². The summed E-state index contributed by atoms with van der Waals surface area (Å²) in [4.78, 5) is 12.9. The number of hydrogen-bond donors (Lipinski definition) is 0. The molecule has 0 saturated heterocycles. The van der Waals surface area contributed by atoms with Crippen LogP contribution in [0.15, 0.2) is 143 Å². The zero-order chi connectivity index (χ0) is 28.5. The first-order chi connectivity index (χ1) is 21.3. The summed E-state index contributed by atoms with van der Waals surface area (Å²) in [6, 6.07) is 47.4. The van der Waals surface area contributed by atoms with Crippen molar-refractivity contribution >= 4 is 75.9 Å². The Morgan fingerprint density at radius 1 is 0.628 bits per heavy atom. The van der Waals surface area contributed by atoms with E-state index in [1.165, 1.54) is 41.7 Å². The van der Waals surface area contributed by atoms with Gasteiger partial charge < -0.3 is 4.90 Å². The van der Waals surface area contributed by atoms with Crippen LogP contribution in [-0.4, -0.2) is 28.3 Å². The van der Waals surface area contributed by atoms with E-state index < -0.39 is 0 Å². The smallest absolute Gasteiger partial charge is 0.234 e. The molecule has 6 aromatic carbocycles. The molecule has 0 spiro atoms. The molecule has 0 saturated carbocycles. The number of para-hydroxylation sites is 1. The summed E-state index contributed by atoms with van der Waals surface area (Å²) in [6.07, 6.45) is -0.217. The monoisotopic (exact) mass is 570 g/mol. The standard InChI is InChI=1S/C38H26N4S/c1-41-36(25-13-4-2-5-14-25)39-38(40-37(41)26-15-6-3-7-16-26)42-31-19-11-10-18-28(31)29-21-22-30-33-27-17-9-8-12-24(27)20-23-32(33)43-35(30)34(29)42/h2-23,36H,1H3. The van der Waals surface area contributed by atoms with Gasteiger partial charge in [-0.3, -0.25) is 4.57 Å². The van der Waals surface area contributed by atoms with Crippen LogP contribution in [0.25, 0.3) is 52.8 Å². The van der Waals surface area contributed by atoms with Gasteiger partial charge in [0.2, 0.25) is 5.96 Å². The molecule has 0 amide bonds. The van der Waals surface area contributed by atoms with Crippen molar-refractivity contribution in [1.82, 2.24) is 9.47 Å². The van der Waals surface area contributed by atoms with Crippen molar-refractivity contribution in [2.45, 2.75) is 6.17 Å². The number of nitrogens with zero attached hydrogens (tertiary/aromatic N) is 4. The number of hydrogen-bond acceptors (Lipinski definition) is 4. The third-order valence-electron chi connectivity index (χ3n) is 8.64. The highest BCUT2D eigenvalue weighted by Gasteiger charge is 2.29. The molecule has 0 bridgehead atoms. The summed E-state index contributed by atoms with van der Waals surface area (Å²) in [5.74, 6) is 1.60. The van der Waals surface area contributed by atoms with Crippen molar-refractivity contribution in [3.05, 3.63) is 145 Å². The van der Waals surface area contributed by atoms with Crippen LogP contribution < -0.4 is 0 Å². The van der Waals surface area contributed by atoms with E-state index in [1.54, 1.807) is 0 Å². The van der Waals surface area contributed by atoms with Gasteiger partial charge in [-0.05, 0) is 28.5 Å². The second-order valence-corrected chi connectivity index (χ2v) is 12.1. The maximum atomic E-state index is 5.38. The molecule has 1 aliphatic heterocycles. The lowest BCUT2D eigenvalue weighted by Crippen LogP contribution is -2.36. The highest BCUT2D eigenvalue weighted by atomic mass is 32.1. The lowest BCUT2D eigenvalue weighted by Gasteiger charge is -2.32. The van der Waals surface area contributed by atoms with E-state index in [0.717, 1.165) is 28.0 Å². The van der Waals surface area contributed by atoms with Crippen LogP contribution in [0, 0.1) is 0 Å². The Bertz CT molecular complexity index is 2420. The number of rotatable bonds is 2. The molecule has 0 fully saturated rings. The van der Waals surface area contributed by atoms with Crippen molar-refractivity contribution in [3.8, 4) is 0 Å². The molecule has 1 aliphatic rings. The predicted octanol–water partition coefficient (Wildman–Crippen LogP) is 9.61. The van der Waals surface area contributed by atoms with Crippen molar-refractivity contribution in [1.29, 1.82) is 0 Å². The van der Waals surface area contributed by atoms with Gasteiger partial charge >= 0.3 is 0 Å². The van der Waals surface area contributed by atoms with E-state index in [2.05, 4.69) is 144 Å². The first-order valence-corrected chi connectivity index (χ1v) is 15.3. The first-order valence-electron chi connectivity index (χ1n) is 14.5. The third-order valence-corrected chi connectivity index (χ3v) is 9.81. The van der Waals surface area contributed by atoms with Gasteiger partial charge in [-0.25, -0.2) is 4.99 Å². The molecular weight excluding hydrogens is 545 g/mol. The Morgan fingerprint density at radius 3 is 2.16 bits per heavy atom. The Labute approximate surface area is 252 Å². The molecule has 1 atom stereocenters. The van der Waals surface area contributed by atoms with Gasteiger partial charge in [-0.1, -0.05) is 121 Å². The summed E-state index contributed by atoms with van der Waals surface area (Å²) < 4.78 is 4.85. The number of fused-ring (bicyclic) bond motifs is 9. The van der Waals surface area contributed by atoms with Gasteiger partial charge in [-0.15, -0.1) is 11.3 Å². The van der Waals surface area contributed by atoms with E-state index in [4.69, 9.17) is 9.98 Å². The normalized spacial score (nSPS) is 15.6. The SMILES string of the molecule is CN1C(c2ccccc2)=NC(n2c3ccccc3c3ccc4c(sc5ccc6ccccc6c54)c32)=NC1c1ccccc1. The van der Waals surface area contributed by atoms with Crippen LogP contribution in [0.2, 0.25) is 0 Å². The molecular formula is C38H26N4S. The van der Waals surface area contributed by atoms with Crippen LogP contribution in [0.3, 0.4) is 0 Å². The van der Waals surface area contributed by atoms with Gasteiger partial charge in [0.1, 0.15) is 5.84 Å². The molecule has 4 nitrogen and oxygen atoms in total. The summed E-state index contributed by atoms with van der Waals surface area (Å²) in [7, 11) is 2.09. The quantitative estimate of drug-likeness (QED) is 0.204. The Hall–Kier alpha value is -5.26. The predicted molar refractivity (Wildman–Crippen MR) is 183 cm³/mol. The maximum Gasteiger partial charge on any atom is 0.234 e. The first kappa shape index (κ1) is 24.3. The van der Waals surface area contributed by atoms with Crippen molar-refractivity contribution in [2.24, 2.45) is 9.98 Å². The second kappa shape index (κ2) is 9.38. The lowest BCUT2D eigenvalue weighted by molar-refractivity contribution is 0.381. The van der Waals surface area contributed by atoms with Gasteiger partial charge in [0.25, 0.3) is 0 Å². The summed E-state index contributed by atoms with van der Waals surface area (Å²) in [5.41, 5.74) is 4.47. The van der Waals surface area contributed by atoms with E-state index in [9.17, 15) is 0 Å². The number of aliphatic imine (C=N–C) groups is 2. The molecule has 9 rings (SSSR count). The van der Waals surface area contributed by atoms with E-state index >= 15 is 0 Å². The average Bonchev–Trinajstić information content (AvgIpc) is 3.62. The van der Waals surface area contributed by atoms with E-state index in [1.807, 2.05) is 17.4 Å². The fraction of sp³-hybridized carbons (Fsp3) is 0.0526. The van der Waals surface area contributed by atoms with E-state index in [-0.39, 0.29) is 6.17 Å². The molecule has 2 aromatic heterocycles. The molecule has 43 heavy (non-hydrogen) atoms. The van der Waals surface area contributed by atoms with Gasteiger partial charge in [0.05, 0.1) is 15.7 Å². The van der Waals surface area contributed by atoms with Crippen LogP contribution >= 0.6 is 11.3 Å². The molecule has 0 N–H and O–H groups in total. The minimum atomic E-state index is -0.217. The Balaban J connectivity index is 1.41. The minimum absolute atomic E-state index is 0.217. The molecule has 8 aromatic rings. The number of amidine groups is 1. The Morgan fingerprint density at radius 2 is 1.33 bits per heavy atom. The number of thiophene rings is 1. The second-order valence-electron chi connectivity index (χ2n) is 11.1. The molecule has 3 heterocycles. The molecule has 0 aliphatic carbocycles. The zero-order valence-electron chi connectivity index (χ0n) is 23.5. The molecule has 204 valence electrons. The third kappa shape index (κ3) is 3.62. The molecule has 5 heteroatoms. The summed E-state index contributed by atoms with van der Waals surface area (Å²) >= 11 is 1.86. The maximum absolute atomic E-state index is 5.38. The largest absolute Gasteiger partial charge is 0.333 e. The van der Waals surface area contributed by atoms with Crippen LogP contribution in [0.1, 0.15) is 17.3 Å². The van der Waals surface area contributed by atoms with Crippen molar-refractivity contribution in [3.63, 3.8) is 0 Å². The van der Waals surface area contributed by atoms with Gasteiger partial charge in [-0.2, -0.15) is 4.99 Å². The van der Waals surface area contributed by atoms with Crippen molar-refractivity contribution < 1.29 is 0 Å². The Kier molecular flexibility index (Phi) is 5.31. The summed E-state index contributed by atoms with van der Waals surface area (Å²) in [5, 5.41) is 7.56. The van der Waals surface area contributed by atoms with Gasteiger partial charge in [0.15, 0.2) is 6.17 Å². The average molecular weight is 571 g/mol. The highest BCUT2D eigenvalue weighted by molar-refractivity contribution is 7.26. The summed E-state index contributed by atoms with van der Waals surface area (Å²) in [6.45, 7) is 0. The lowest BCUT2D eigenvalue weighted by atomic mass is 10.0. The van der Waals surface area contributed by atoms with Gasteiger partial charge in [0, 0.05) is 38.9 Å². The number of aromatic nitrogens is 1. The fourth-order valence-electron chi connectivity index (χ4n) is 6.66. The number of benzene rings is 6. The van der Waals surface area contributed by atoms with Crippen LogP contribution in [0.4, 0.5) is 0 Å². The highest BCUT2D eigenvalue weighted by Crippen LogP contribution is 2.44. The topological polar surface area (TPSA) is 32.9 Å². The van der Waals surface area contributed by atoms with E-state index in [0.29, 0.717) is 5.96 Å². The van der Waals surface area contributed by atoms with Crippen LogP contribution in [0.5, 0.6) is 0 Å². The van der Waals surface area contributed by atoms with Crippen LogP contribution in [-0.2, 0) is 0 Å².